The van der Waals surface area contributed by atoms with Crippen LogP contribution in [0.1, 0.15) is 27.4 Å². The van der Waals surface area contributed by atoms with Crippen molar-refractivity contribution >= 4 is 29.0 Å². The molecule has 0 heterocycles. The van der Waals surface area contributed by atoms with Crippen LogP contribution in [-0.4, -0.2) is 24.3 Å². The smallest absolute Gasteiger partial charge is 0.171 e. The van der Waals surface area contributed by atoms with Crippen LogP contribution in [0.2, 0.25) is 10.0 Å². The van der Waals surface area contributed by atoms with E-state index in [2.05, 4.69) is 4.90 Å². The summed E-state index contributed by atoms with van der Waals surface area (Å²) in [5.74, 6) is -0.119. The molecule has 0 N–H and O–H groups in total. The van der Waals surface area contributed by atoms with E-state index in [1.807, 2.05) is 79.8 Å². The Balaban J connectivity index is 1.82. The van der Waals surface area contributed by atoms with E-state index in [0.717, 1.165) is 16.7 Å². The average Bonchev–Trinajstić information content (AvgIpc) is 2.66. The number of halogens is 2. The van der Waals surface area contributed by atoms with Gasteiger partial charge in [-0.1, -0.05) is 83.9 Å². The minimum atomic E-state index is -0.242. The lowest BCUT2D eigenvalue weighted by Gasteiger charge is -2.24. The molecule has 3 rings (SSSR count). The second kappa shape index (κ2) is 9.18. The molecular weight excluding hydrogens is 377 g/mol. The lowest BCUT2D eigenvalue weighted by atomic mass is 9.90. The number of rotatable bonds is 7. The van der Waals surface area contributed by atoms with Crippen LogP contribution < -0.4 is 0 Å². The standard InChI is InChI=1S/C23H21Cl2NO/c1-26(15-17-12-20(24)14-21(25)13-17)16-22(18-8-4-2-5-9-18)23(27)19-10-6-3-7-11-19/h2-14,22H,15-16H2,1H3/t22-/m0/s1. The first-order valence-electron chi connectivity index (χ1n) is 8.80. The molecule has 1 atom stereocenters. The highest BCUT2D eigenvalue weighted by atomic mass is 35.5. The minimum absolute atomic E-state index is 0.123. The van der Waals surface area contributed by atoms with E-state index < -0.39 is 0 Å². The third-order valence-corrected chi connectivity index (χ3v) is 4.88. The third kappa shape index (κ3) is 5.43. The molecule has 0 saturated heterocycles. The first kappa shape index (κ1) is 19.6. The van der Waals surface area contributed by atoms with Crippen LogP contribution in [-0.2, 0) is 6.54 Å². The van der Waals surface area contributed by atoms with Crippen molar-refractivity contribution in [3.63, 3.8) is 0 Å². The van der Waals surface area contributed by atoms with Crippen molar-refractivity contribution in [1.82, 2.24) is 4.90 Å². The summed E-state index contributed by atoms with van der Waals surface area (Å²) in [5.41, 5.74) is 2.77. The van der Waals surface area contributed by atoms with E-state index >= 15 is 0 Å². The molecule has 27 heavy (non-hydrogen) atoms. The van der Waals surface area contributed by atoms with Gasteiger partial charge in [-0.05, 0) is 36.4 Å². The van der Waals surface area contributed by atoms with E-state index in [-0.39, 0.29) is 11.7 Å². The van der Waals surface area contributed by atoms with Crippen LogP contribution in [0.3, 0.4) is 0 Å². The van der Waals surface area contributed by atoms with Gasteiger partial charge in [0.15, 0.2) is 5.78 Å². The molecule has 0 unspecified atom stereocenters. The Bertz CT molecular complexity index is 877. The maximum Gasteiger partial charge on any atom is 0.171 e. The van der Waals surface area contributed by atoms with Crippen LogP contribution in [0.4, 0.5) is 0 Å². The maximum atomic E-state index is 13.2. The van der Waals surface area contributed by atoms with Crippen LogP contribution >= 0.6 is 23.2 Å². The van der Waals surface area contributed by atoms with E-state index in [1.165, 1.54) is 0 Å². The van der Waals surface area contributed by atoms with Crippen molar-refractivity contribution < 1.29 is 4.79 Å². The van der Waals surface area contributed by atoms with Crippen molar-refractivity contribution in [2.45, 2.75) is 12.5 Å². The van der Waals surface area contributed by atoms with Gasteiger partial charge >= 0.3 is 0 Å². The molecule has 0 spiro atoms. The molecule has 0 fully saturated rings. The highest BCUT2D eigenvalue weighted by Gasteiger charge is 2.23. The summed E-state index contributed by atoms with van der Waals surface area (Å²) in [7, 11) is 2.00. The molecule has 0 aliphatic rings. The van der Waals surface area contributed by atoms with Crippen LogP contribution in [0.25, 0.3) is 0 Å². The van der Waals surface area contributed by atoms with Gasteiger partial charge in [0.05, 0.1) is 5.92 Å². The van der Waals surface area contributed by atoms with Crippen molar-refractivity contribution in [3.8, 4) is 0 Å². The monoisotopic (exact) mass is 397 g/mol. The van der Waals surface area contributed by atoms with E-state index in [4.69, 9.17) is 23.2 Å². The number of carbonyl (C=O) groups is 1. The van der Waals surface area contributed by atoms with Crippen molar-refractivity contribution in [2.24, 2.45) is 0 Å². The van der Waals surface area contributed by atoms with Gasteiger partial charge in [0.25, 0.3) is 0 Å². The Kier molecular flexibility index (Phi) is 6.68. The summed E-state index contributed by atoms with van der Waals surface area (Å²) in [5, 5.41) is 1.23. The Morgan fingerprint density at radius 1 is 0.889 bits per heavy atom. The van der Waals surface area contributed by atoms with Gasteiger partial charge in [0, 0.05) is 28.7 Å². The molecule has 2 nitrogen and oxygen atoms in total. The predicted octanol–water partition coefficient (Wildman–Crippen LogP) is 6.09. The second-order valence-corrected chi connectivity index (χ2v) is 7.54. The highest BCUT2D eigenvalue weighted by Crippen LogP contribution is 2.24. The Morgan fingerprint density at radius 2 is 1.44 bits per heavy atom. The van der Waals surface area contributed by atoms with Gasteiger partial charge in [-0.25, -0.2) is 0 Å². The summed E-state index contributed by atoms with van der Waals surface area (Å²) < 4.78 is 0. The lowest BCUT2D eigenvalue weighted by molar-refractivity contribution is 0.0938. The van der Waals surface area contributed by atoms with E-state index in [0.29, 0.717) is 23.1 Å². The third-order valence-electron chi connectivity index (χ3n) is 4.45. The normalized spacial score (nSPS) is 12.1. The predicted molar refractivity (Wildman–Crippen MR) is 113 cm³/mol. The first-order chi connectivity index (χ1) is 13.0. The number of carbonyl (C=O) groups excluding carboxylic acids is 1. The zero-order chi connectivity index (χ0) is 19.2. The molecule has 3 aromatic carbocycles. The molecule has 0 aliphatic heterocycles. The van der Waals surface area contributed by atoms with Crippen LogP contribution in [0.15, 0.2) is 78.9 Å². The number of hydrogen-bond acceptors (Lipinski definition) is 2. The summed E-state index contributed by atoms with van der Waals surface area (Å²) in [6.07, 6.45) is 0. The van der Waals surface area contributed by atoms with Crippen LogP contribution in [0.5, 0.6) is 0 Å². The van der Waals surface area contributed by atoms with Gasteiger partial charge < -0.3 is 4.90 Å². The van der Waals surface area contributed by atoms with Gasteiger partial charge in [0.2, 0.25) is 0 Å². The summed E-state index contributed by atoms with van der Waals surface area (Å²) in [4.78, 5) is 15.3. The second-order valence-electron chi connectivity index (χ2n) is 6.67. The topological polar surface area (TPSA) is 20.3 Å². The van der Waals surface area contributed by atoms with Crippen molar-refractivity contribution in [2.75, 3.05) is 13.6 Å². The molecule has 0 aromatic heterocycles. The molecular formula is C23H21Cl2NO. The summed E-state index contributed by atoms with van der Waals surface area (Å²) in [6, 6.07) is 24.9. The molecule has 0 saturated carbocycles. The number of Topliss-reactive ketones (excluding diaryl/α,β-unsaturated/α-hetero) is 1. The fourth-order valence-corrected chi connectivity index (χ4v) is 3.79. The number of hydrogen-bond donors (Lipinski definition) is 0. The molecule has 0 radical (unpaired) electrons. The van der Waals surface area contributed by atoms with Gasteiger partial charge in [-0.3, -0.25) is 4.79 Å². The number of ketones is 1. The Labute approximate surface area is 170 Å². The summed E-state index contributed by atoms with van der Waals surface area (Å²) >= 11 is 12.2. The van der Waals surface area contributed by atoms with Crippen molar-refractivity contribution in [1.29, 1.82) is 0 Å². The van der Waals surface area contributed by atoms with Crippen molar-refractivity contribution in [3.05, 3.63) is 106 Å². The molecule has 0 amide bonds. The lowest BCUT2D eigenvalue weighted by Crippen LogP contribution is -2.29. The summed E-state index contributed by atoms with van der Waals surface area (Å²) in [6.45, 7) is 1.26. The number of benzene rings is 3. The Hall–Kier alpha value is -2.13. The van der Waals surface area contributed by atoms with Crippen LogP contribution in [0, 0.1) is 0 Å². The molecule has 138 valence electrons. The van der Waals surface area contributed by atoms with E-state index in [9.17, 15) is 4.79 Å². The Morgan fingerprint density at radius 3 is 2.04 bits per heavy atom. The molecule has 0 bridgehead atoms. The number of nitrogens with zero attached hydrogens (tertiary/aromatic N) is 1. The fourth-order valence-electron chi connectivity index (χ4n) is 3.22. The molecule has 4 heteroatoms. The first-order valence-corrected chi connectivity index (χ1v) is 9.56. The SMILES string of the molecule is CN(Cc1cc(Cl)cc(Cl)c1)C[C@H](C(=O)c1ccccc1)c1ccccc1. The van der Waals surface area contributed by atoms with Gasteiger partial charge in [-0.2, -0.15) is 0 Å². The number of likely N-dealkylation sites (N-methyl/N-ethyl adjacent to an activating group) is 1. The quantitative estimate of drug-likeness (QED) is 0.449. The average molecular weight is 398 g/mol. The fraction of sp³-hybridized carbons (Fsp3) is 0.174. The maximum absolute atomic E-state index is 13.2. The molecule has 3 aromatic rings. The van der Waals surface area contributed by atoms with Gasteiger partial charge in [-0.15, -0.1) is 0 Å². The zero-order valence-electron chi connectivity index (χ0n) is 15.1. The zero-order valence-corrected chi connectivity index (χ0v) is 16.6. The highest BCUT2D eigenvalue weighted by molar-refractivity contribution is 6.34. The van der Waals surface area contributed by atoms with Gasteiger partial charge in [0.1, 0.15) is 0 Å². The molecule has 0 aliphatic carbocycles. The largest absolute Gasteiger partial charge is 0.301 e. The van der Waals surface area contributed by atoms with E-state index in [1.54, 1.807) is 6.07 Å². The minimum Gasteiger partial charge on any atom is -0.301 e.